The van der Waals surface area contributed by atoms with Crippen molar-refractivity contribution in [3.05, 3.63) is 105 Å². The Morgan fingerprint density at radius 3 is 2.79 bits per heavy atom. The molecule has 1 aliphatic rings. The van der Waals surface area contributed by atoms with E-state index in [2.05, 4.69) is 37.2 Å². The van der Waals surface area contributed by atoms with E-state index >= 15 is 0 Å². The maximum Gasteiger partial charge on any atom is 0.326 e. The number of hydrogen-bond donors (Lipinski definition) is 1. The van der Waals surface area contributed by atoms with Crippen LogP contribution in [0.1, 0.15) is 27.9 Å². The number of halogens is 4. The van der Waals surface area contributed by atoms with Crippen molar-refractivity contribution in [3.8, 4) is 6.07 Å². The Kier molecular flexibility index (Phi) is 7.31. The van der Waals surface area contributed by atoms with Gasteiger partial charge in [-0.3, -0.25) is 9.47 Å². The molecule has 2 aromatic carbocycles. The molecule has 0 aliphatic carbocycles. The summed E-state index contributed by atoms with van der Waals surface area (Å²) in [6.45, 7) is 1.91. The lowest BCUT2D eigenvalue weighted by atomic mass is 10.0. The summed E-state index contributed by atoms with van der Waals surface area (Å²) in [4.78, 5) is 19.6. The highest BCUT2D eigenvalue weighted by atomic mass is 79.9. The molecule has 0 bridgehead atoms. The van der Waals surface area contributed by atoms with E-state index in [9.17, 15) is 23.2 Å². The number of benzene rings is 2. The Bertz CT molecular complexity index is 1630. The van der Waals surface area contributed by atoms with Crippen LogP contribution in [0.2, 0.25) is 0 Å². The third-order valence-electron chi connectivity index (χ3n) is 6.52. The predicted octanol–water partition coefficient (Wildman–Crippen LogP) is 5.92. The fourth-order valence-electron chi connectivity index (χ4n) is 4.68. The van der Waals surface area contributed by atoms with Crippen LogP contribution in [0.5, 0.6) is 0 Å². The number of carbonyl (C=O) groups is 1. The molecule has 0 unspecified atom stereocenters. The first-order valence-electron chi connectivity index (χ1n) is 11.8. The fraction of sp³-hybridized carbons (Fsp3) is 0.179. The first kappa shape index (κ1) is 25.7. The van der Waals surface area contributed by atoms with Gasteiger partial charge in [0.25, 0.3) is 0 Å². The highest BCUT2D eigenvalue weighted by Gasteiger charge is 2.26. The van der Waals surface area contributed by atoms with Crippen LogP contribution in [0.4, 0.5) is 18.0 Å². The van der Waals surface area contributed by atoms with E-state index in [-0.39, 0.29) is 11.6 Å². The average Bonchev–Trinajstić information content (AvgIpc) is 3.24. The zero-order valence-electron chi connectivity index (χ0n) is 20.0. The van der Waals surface area contributed by atoms with Crippen LogP contribution in [-0.4, -0.2) is 33.6 Å². The molecule has 0 saturated heterocycles. The zero-order valence-corrected chi connectivity index (χ0v) is 21.6. The quantitative estimate of drug-likeness (QED) is 0.235. The summed E-state index contributed by atoms with van der Waals surface area (Å²) in [6.07, 6.45) is 5.36. The number of nitrogens with zero attached hydrogens (tertiary/aromatic N) is 4. The zero-order chi connectivity index (χ0) is 26.8. The molecule has 3 heterocycles. The minimum absolute atomic E-state index is 0.0277. The second-order valence-corrected chi connectivity index (χ2v) is 9.71. The lowest BCUT2D eigenvalue weighted by Crippen LogP contribution is -2.34. The summed E-state index contributed by atoms with van der Waals surface area (Å²) < 4.78 is 43.0. The standard InChI is InChI=1S/C28H21BrF3N5O/c29-25-13-18(7-9-34-25)15-35-28(38)37-23-8-11-36(10-1-2-19-4-6-22(30)27(32)26(19)31)16-21(23)20-5-3-17(14-33)12-24(20)37/h1-7,9,12-13H,8,10-11,15-16H2,(H,35,38)/b2-1+. The van der Waals surface area contributed by atoms with E-state index < -0.39 is 17.5 Å². The Labute approximate surface area is 225 Å². The van der Waals surface area contributed by atoms with Gasteiger partial charge in [0.1, 0.15) is 4.60 Å². The van der Waals surface area contributed by atoms with Gasteiger partial charge in [0.05, 0.1) is 17.1 Å². The summed E-state index contributed by atoms with van der Waals surface area (Å²) in [7, 11) is 0. The second kappa shape index (κ2) is 10.8. The number of pyridine rings is 1. The van der Waals surface area contributed by atoms with Crippen molar-refractivity contribution in [1.82, 2.24) is 19.8 Å². The van der Waals surface area contributed by atoms with Crippen molar-refractivity contribution in [1.29, 1.82) is 5.26 Å². The number of rotatable bonds is 5. The van der Waals surface area contributed by atoms with E-state index in [1.165, 1.54) is 12.1 Å². The van der Waals surface area contributed by atoms with Crippen LogP contribution >= 0.6 is 15.9 Å². The highest BCUT2D eigenvalue weighted by Crippen LogP contribution is 2.32. The van der Waals surface area contributed by atoms with E-state index in [1.807, 2.05) is 18.2 Å². The summed E-state index contributed by atoms with van der Waals surface area (Å²) in [6, 6.07) is 12.9. The van der Waals surface area contributed by atoms with Crippen molar-refractivity contribution in [3.63, 3.8) is 0 Å². The first-order valence-corrected chi connectivity index (χ1v) is 12.6. The minimum atomic E-state index is -1.49. The molecule has 0 saturated carbocycles. The largest absolute Gasteiger partial charge is 0.333 e. The maximum absolute atomic E-state index is 14.0. The van der Waals surface area contributed by atoms with Gasteiger partial charge in [-0.2, -0.15) is 5.26 Å². The van der Waals surface area contributed by atoms with E-state index in [4.69, 9.17) is 0 Å². The smallest absolute Gasteiger partial charge is 0.326 e. The van der Waals surface area contributed by atoms with Crippen molar-refractivity contribution in [2.45, 2.75) is 19.5 Å². The summed E-state index contributed by atoms with van der Waals surface area (Å²) in [5, 5.41) is 13.3. The van der Waals surface area contributed by atoms with Crippen LogP contribution < -0.4 is 5.32 Å². The Morgan fingerprint density at radius 1 is 1.16 bits per heavy atom. The fourth-order valence-corrected chi connectivity index (χ4v) is 5.09. The number of nitrogens with one attached hydrogen (secondary N) is 1. The molecule has 6 nitrogen and oxygen atoms in total. The Hall–Kier alpha value is -3.94. The normalized spacial score (nSPS) is 13.6. The second-order valence-electron chi connectivity index (χ2n) is 8.90. The van der Waals surface area contributed by atoms with Gasteiger partial charge in [-0.25, -0.2) is 22.9 Å². The van der Waals surface area contributed by atoms with E-state index in [0.717, 1.165) is 28.3 Å². The molecular weight excluding hydrogens is 559 g/mol. The monoisotopic (exact) mass is 579 g/mol. The van der Waals surface area contributed by atoms with Gasteiger partial charge >= 0.3 is 6.03 Å². The number of hydrogen-bond acceptors (Lipinski definition) is 4. The Morgan fingerprint density at radius 2 is 2.00 bits per heavy atom. The lowest BCUT2D eigenvalue weighted by Gasteiger charge is -2.27. The van der Waals surface area contributed by atoms with Gasteiger partial charge in [-0.1, -0.05) is 18.2 Å². The Balaban J connectivity index is 1.39. The van der Waals surface area contributed by atoms with Crippen molar-refractivity contribution in [2.24, 2.45) is 0 Å². The minimum Gasteiger partial charge on any atom is -0.333 e. The number of nitriles is 1. The lowest BCUT2D eigenvalue weighted by molar-refractivity contribution is 0.240. The molecule has 5 rings (SSSR count). The third kappa shape index (κ3) is 5.08. The number of aromatic nitrogens is 2. The molecule has 1 N–H and O–H groups in total. The van der Waals surface area contributed by atoms with Gasteiger partial charge in [0, 0.05) is 55.4 Å². The van der Waals surface area contributed by atoms with Crippen molar-refractivity contribution < 1.29 is 18.0 Å². The van der Waals surface area contributed by atoms with Gasteiger partial charge in [-0.15, -0.1) is 0 Å². The molecule has 1 aliphatic heterocycles. The van der Waals surface area contributed by atoms with E-state index in [0.29, 0.717) is 48.3 Å². The van der Waals surface area contributed by atoms with Crippen molar-refractivity contribution >= 4 is 38.9 Å². The molecule has 4 aromatic rings. The van der Waals surface area contributed by atoms with Gasteiger partial charge < -0.3 is 5.32 Å². The molecule has 0 spiro atoms. The first-order chi connectivity index (χ1) is 18.4. The number of amides is 1. The number of fused-ring (bicyclic) bond motifs is 3. The van der Waals surface area contributed by atoms with E-state index in [1.54, 1.807) is 29.0 Å². The van der Waals surface area contributed by atoms with Gasteiger partial charge in [-0.05, 0) is 63.5 Å². The molecule has 2 aromatic heterocycles. The summed E-state index contributed by atoms with van der Waals surface area (Å²) in [5.41, 5.74) is 3.82. The molecule has 0 fully saturated rings. The SMILES string of the molecule is N#Cc1ccc2c3c(n(C(=O)NCc4ccnc(Br)c4)c2c1)CCN(C/C=C/c1ccc(F)c(F)c1F)C3. The number of carbonyl (C=O) groups excluding carboxylic acids is 1. The molecule has 38 heavy (non-hydrogen) atoms. The van der Waals surface area contributed by atoms with Crippen LogP contribution in [0, 0.1) is 28.8 Å². The van der Waals surface area contributed by atoms with Crippen LogP contribution in [0.3, 0.4) is 0 Å². The van der Waals surface area contributed by atoms with Crippen LogP contribution in [-0.2, 0) is 19.5 Å². The molecule has 1 amide bonds. The molecule has 192 valence electrons. The average molecular weight is 580 g/mol. The molecule has 0 radical (unpaired) electrons. The maximum atomic E-state index is 14.0. The van der Waals surface area contributed by atoms with Gasteiger partial charge in [0.2, 0.25) is 0 Å². The van der Waals surface area contributed by atoms with Crippen molar-refractivity contribution in [2.75, 3.05) is 13.1 Å². The third-order valence-corrected chi connectivity index (χ3v) is 6.96. The van der Waals surface area contributed by atoms with Crippen LogP contribution in [0.25, 0.3) is 17.0 Å². The molecular formula is C28H21BrF3N5O. The highest BCUT2D eigenvalue weighted by molar-refractivity contribution is 9.10. The summed E-state index contributed by atoms with van der Waals surface area (Å²) >= 11 is 3.33. The molecule has 10 heteroatoms. The summed E-state index contributed by atoms with van der Waals surface area (Å²) in [5.74, 6) is -3.94. The van der Waals surface area contributed by atoms with Crippen LogP contribution in [0.15, 0.2) is 59.3 Å². The predicted molar refractivity (Wildman–Crippen MR) is 141 cm³/mol. The topological polar surface area (TPSA) is 74.0 Å². The molecule has 0 atom stereocenters. The van der Waals surface area contributed by atoms with Gasteiger partial charge in [0.15, 0.2) is 17.5 Å².